The summed E-state index contributed by atoms with van der Waals surface area (Å²) in [6.45, 7) is 5.63. The summed E-state index contributed by atoms with van der Waals surface area (Å²) in [6.07, 6.45) is 4.90. The molecule has 1 aromatic rings. The Bertz CT molecular complexity index is 338. The molecule has 2 heteroatoms. The van der Waals surface area contributed by atoms with Gasteiger partial charge in [0.05, 0.1) is 0 Å². The minimum Gasteiger partial charge on any atom is -0.307 e. The molecule has 88 valence electrons. The Kier molecular flexibility index (Phi) is 3.60. The first-order valence-electron chi connectivity index (χ1n) is 6.00. The van der Waals surface area contributed by atoms with E-state index in [4.69, 9.17) is 0 Å². The van der Waals surface area contributed by atoms with Gasteiger partial charge in [-0.1, -0.05) is 12.1 Å². The van der Waals surface area contributed by atoms with Gasteiger partial charge in [0.2, 0.25) is 0 Å². The molecule has 0 heterocycles. The molecule has 0 aliphatic heterocycles. The standard InChI is InChI=1S/C14H21NS/c1-14(2,12-6-7-12)15-10-11-4-8-13(16-3)9-5-11/h4-5,8-9,12,15H,6-7,10H2,1-3H3. The van der Waals surface area contributed by atoms with Gasteiger partial charge in [0, 0.05) is 17.0 Å². The predicted molar refractivity (Wildman–Crippen MR) is 71.9 cm³/mol. The van der Waals surface area contributed by atoms with Crippen molar-refractivity contribution in [3.05, 3.63) is 29.8 Å². The second-order valence-corrected chi connectivity index (χ2v) is 6.08. The van der Waals surface area contributed by atoms with E-state index in [0.29, 0.717) is 5.54 Å². The van der Waals surface area contributed by atoms with Crippen molar-refractivity contribution in [1.29, 1.82) is 0 Å². The fourth-order valence-electron chi connectivity index (χ4n) is 2.02. The lowest BCUT2D eigenvalue weighted by molar-refractivity contribution is 0.339. The third-order valence-corrected chi connectivity index (χ3v) is 4.25. The molecule has 1 saturated carbocycles. The molecule has 1 aliphatic carbocycles. The van der Waals surface area contributed by atoms with Gasteiger partial charge < -0.3 is 5.32 Å². The largest absolute Gasteiger partial charge is 0.307 e. The van der Waals surface area contributed by atoms with Crippen molar-refractivity contribution < 1.29 is 0 Å². The molecule has 0 radical (unpaired) electrons. The van der Waals surface area contributed by atoms with E-state index in [-0.39, 0.29) is 0 Å². The van der Waals surface area contributed by atoms with Gasteiger partial charge in [-0.2, -0.15) is 0 Å². The molecular formula is C14H21NS. The van der Waals surface area contributed by atoms with Gasteiger partial charge in [-0.15, -0.1) is 11.8 Å². The fraction of sp³-hybridized carbons (Fsp3) is 0.571. The number of hydrogen-bond acceptors (Lipinski definition) is 2. The summed E-state index contributed by atoms with van der Waals surface area (Å²) in [5.74, 6) is 0.887. The molecule has 0 aromatic heterocycles. The monoisotopic (exact) mass is 235 g/mol. The van der Waals surface area contributed by atoms with Crippen LogP contribution in [0.2, 0.25) is 0 Å². The summed E-state index contributed by atoms with van der Waals surface area (Å²) in [7, 11) is 0. The topological polar surface area (TPSA) is 12.0 Å². The fourth-order valence-corrected chi connectivity index (χ4v) is 2.43. The van der Waals surface area contributed by atoms with Crippen LogP contribution in [0.15, 0.2) is 29.2 Å². The quantitative estimate of drug-likeness (QED) is 0.781. The van der Waals surface area contributed by atoms with Crippen molar-refractivity contribution >= 4 is 11.8 Å². The van der Waals surface area contributed by atoms with E-state index in [1.165, 1.54) is 23.3 Å². The van der Waals surface area contributed by atoms with Gasteiger partial charge in [0.1, 0.15) is 0 Å². The highest BCUT2D eigenvalue weighted by molar-refractivity contribution is 7.98. The van der Waals surface area contributed by atoms with Gasteiger partial charge in [-0.3, -0.25) is 0 Å². The molecule has 0 amide bonds. The molecule has 1 aliphatic rings. The Morgan fingerprint density at radius 2 is 1.88 bits per heavy atom. The lowest BCUT2D eigenvalue weighted by atomic mass is 9.98. The van der Waals surface area contributed by atoms with Gasteiger partial charge in [-0.05, 0) is 56.6 Å². The average molecular weight is 235 g/mol. The normalized spacial score (nSPS) is 16.4. The van der Waals surface area contributed by atoms with Gasteiger partial charge in [0.25, 0.3) is 0 Å². The molecule has 16 heavy (non-hydrogen) atoms. The first-order chi connectivity index (χ1) is 7.62. The summed E-state index contributed by atoms with van der Waals surface area (Å²) < 4.78 is 0. The van der Waals surface area contributed by atoms with Crippen molar-refractivity contribution in [1.82, 2.24) is 5.32 Å². The highest BCUT2D eigenvalue weighted by Crippen LogP contribution is 2.39. The SMILES string of the molecule is CSc1ccc(CNC(C)(C)C2CC2)cc1. The Hall–Kier alpha value is -0.470. The van der Waals surface area contributed by atoms with Crippen molar-refractivity contribution in [3.8, 4) is 0 Å². The van der Waals surface area contributed by atoms with Crippen LogP contribution in [0.3, 0.4) is 0 Å². The van der Waals surface area contributed by atoms with Crippen LogP contribution >= 0.6 is 11.8 Å². The second kappa shape index (κ2) is 4.80. The smallest absolute Gasteiger partial charge is 0.0210 e. The summed E-state index contributed by atoms with van der Waals surface area (Å²) in [5.41, 5.74) is 1.68. The van der Waals surface area contributed by atoms with E-state index < -0.39 is 0 Å². The van der Waals surface area contributed by atoms with E-state index in [9.17, 15) is 0 Å². The van der Waals surface area contributed by atoms with E-state index >= 15 is 0 Å². The van der Waals surface area contributed by atoms with E-state index in [1.54, 1.807) is 11.8 Å². The highest BCUT2D eigenvalue weighted by atomic mass is 32.2. The predicted octanol–water partition coefficient (Wildman–Crippen LogP) is 3.69. The van der Waals surface area contributed by atoms with E-state index in [0.717, 1.165) is 12.5 Å². The molecule has 1 N–H and O–H groups in total. The lowest BCUT2D eigenvalue weighted by Crippen LogP contribution is -2.40. The molecule has 0 bridgehead atoms. The molecule has 1 aromatic carbocycles. The van der Waals surface area contributed by atoms with Crippen molar-refractivity contribution in [2.24, 2.45) is 5.92 Å². The van der Waals surface area contributed by atoms with Gasteiger partial charge in [-0.25, -0.2) is 0 Å². The average Bonchev–Trinajstić information content (AvgIpc) is 3.11. The molecule has 0 unspecified atom stereocenters. The zero-order chi connectivity index (χ0) is 11.6. The van der Waals surface area contributed by atoms with E-state index in [1.807, 2.05) is 0 Å². The Balaban J connectivity index is 1.88. The Morgan fingerprint density at radius 3 is 2.38 bits per heavy atom. The number of hydrogen-bond donors (Lipinski definition) is 1. The molecular weight excluding hydrogens is 214 g/mol. The van der Waals surface area contributed by atoms with Crippen LogP contribution in [-0.2, 0) is 6.54 Å². The van der Waals surface area contributed by atoms with Gasteiger partial charge in [0.15, 0.2) is 0 Å². The molecule has 1 fully saturated rings. The number of nitrogens with one attached hydrogen (secondary N) is 1. The summed E-state index contributed by atoms with van der Waals surface area (Å²) in [5, 5.41) is 3.67. The lowest BCUT2D eigenvalue weighted by Gasteiger charge is -2.26. The Morgan fingerprint density at radius 1 is 1.25 bits per heavy atom. The third kappa shape index (κ3) is 3.02. The maximum Gasteiger partial charge on any atom is 0.0210 e. The summed E-state index contributed by atoms with van der Waals surface area (Å²) >= 11 is 1.80. The first-order valence-corrected chi connectivity index (χ1v) is 7.22. The number of thioether (sulfide) groups is 1. The van der Waals surface area contributed by atoms with Crippen LogP contribution in [0, 0.1) is 5.92 Å². The number of benzene rings is 1. The minimum absolute atomic E-state index is 0.304. The van der Waals surface area contributed by atoms with Crippen LogP contribution in [0.25, 0.3) is 0 Å². The summed E-state index contributed by atoms with van der Waals surface area (Å²) in [6, 6.07) is 8.85. The zero-order valence-electron chi connectivity index (χ0n) is 10.4. The summed E-state index contributed by atoms with van der Waals surface area (Å²) in [4.78, 5) is 1.34. The van der Waals surface area contributed by atoms with Crippen LogP contribution in [0.1, 0.15) is 32.3 Å². The maximum atomic E-state index is 3.67. The van der Waals surface area contributed by atoms with Crippen molar-refractivity contribution in [2.45, 2.75) is 43.7 Å². The first kappa shape index (κ1) is 12.0. The van der Waals surface area contributed by atoms with Crippen LogP contribution in [0.4, 0.5) is 0 Å². The minimum atomic E-state index is 0.304. The number of rotatable bonds is 5. The highest BCUT2D eigenvalue weighted by Gasteiger charge is 2.36. The van der Waals surface area contributed by atoms with Gasteiger partial charge >= 0.3 is 0 Å². The van der Waals surface area contributed by atoms with Crippen molar-refractivity contribution in [2.75, 3.05) is 6.26 Å². The third-order valence-electron chi connectivity index (χ3n) is 3.51. The van der Waals surface area contributed by atoms with Crippen molar-refractivity contribution in [3.63, 3.8) is 0 Å². The molecule has 1 nitrogen and oxygen atoms in total. The Labute approximate surface area is 103 Å². The van der Waals surface area contributed by atoms with Crippen LogP contribution < -0.4 is 5.32 Å². The zero-order valence-corrected chi connectivity index (χ0v) is 11.2. The molecule has 2 rings (SSSR count). The maximum absolute atomic E-state index is 3.67. The molecule has 0 spiro atoms. The molecule has 0 saturated heterocycles. The molecule has 0 atom stereocenters. The second-order valence-electron chi connectivity index (χ2n) is 5.20. The van der Waals surface area contributed by atoms with Crippen LogP contribution in [0.5, 0.6) is 0 Å². The van der Waals surface area contributed by atoms with E-state index in [2.05, 4.69) is 49.7 Å². The van der Waals surface area contributed by atoms with Crippen LogP contribution in [-0.4, -0.2) is 11.8 Å².